The number of unbranched alkanes of at least 4 members (excludes halogenated alkanes) is 1. The van der Waals surface area contributed by atoms with Crippen molar-refractivity contribution in [3.8, 4) is 11.3 Å². The molecule has 4 nitrogen and oxygen atoms in total. The van der Waals surface area contributed by atoms with Crippen LogP contribution in [0, 0.1) is 5.82 Å². The monoisotopic (exact) mass is 395 g/mol. The molecule has 2 atom stereocenters. The number of aromatic nitrogens is 1. The Morgan fingerprint density at radius 1 is 1.14 bits per heavy atom. The van der Waals surface area contributed by atoms with Crippen molar-refractivity contribution in [3.05, 3.63) is 78.1 Å². The average Bonchev–Trinajstić information content (AvgIpc) is 3.32. The number of hydrogen-bond donors (Lipinski definition) is 1. The standard InChI is InChI=1S/C22H22FN3OS/c1-2-3-14-26-21(20(25-22(26)28)17-6-4-5-13-24-17)19-12-11-18(27-19)15-7-9-16(23)10-8-15/h4-13,20-21H,2-3,14H2,1H3,(H,25,28)/t20-,21-/m0/s1. The zero-order chi connectivity index (χ0) is 19.5. The normalized spacial score (nSPS) is 19.1. The number of nitrogens with zero attached hydrogens (tertiary/aromatic N) is 2. The molecule has 0 bridgehead atoms. The lowest BCUT2D eigenvalue weighted by atomic mass is 10.0. The van der Waals surface area contributed by atoms with Crippen LogP contribution >= 0.6 is 12.2 Å². The highest BCUT2D eigenvalue weighted by atomic mass is 32.1. The zero-order valence-electron chi connectivity index (χ0n) is 15.6. The second kappa shape index (κ2) is 8.10. The maximum atomic E-state index is 13.2. The number of benzene rings is 1. The number of furan rings is 1. The Balaban J connectivity index is 1.70. The van der Waals surface area contributed by atoms with E-state index < -0.39 is 0 Å². The van der Waals surface area contributed by atoms with Crippen molar-refractivity contribution in [1.29, 1.82) is 0 Å². The average molecular weight is 396 g/mol. The summed E-state index contributed by atoms with van der Waals surface area (Å²) >= 11 is 5.63. The second-order valence-corrected chi connectivity index (χ2v) is 7.27. The molecule has 0 amide bonds. The van der Waals surface area contributed by atoms with Crippen molar-refractivity contribution in [1.82, 2.24) is 15.2 Å². The quantitative estimate of drug-likeness (QED) is 0.577. The molecule has 3 heterocycles. The number of pyridine rings is 1. The Hall–Kier alpha value is -2.73. The van der Waals surface area contributed by atoms with E-state index in [2.05, 4.69) is 22.1 Å². The summed E-state index contributed by atoms with van der Waals surface area (Å²) in [6, 6.07) is 15.9. The molecule has 1 aliphatic rings. The molecule has 0 unspecified atom stereocenters. The molecule has 28 heavy (non-hydrogen) atoms. The van der Waals surface area contributed by atoms with Gasteiger partial charge in [-0.25, -0.2) is 4.39 Å². The van der Waals surface area contributed by atoms with Gasteiger partial charge < -0.3 is 14.6 Å². The Morgan fingerprint density at radius 2 is 1.96 bits per heavy atom. The Bertz CT molecular complexity index is 942. The van der Waals surface area contributed by atoms with Gasteiger partial charge in [0.05, 0.1) is 11.7 Å². The first kappa shape index (κ1) is 18.6. The minimum Gasteiger partial charge on any atom is -0.459 e. The molecule has 3 aromatic rings. The summed E-state index contributed by atoms with van der Waals surface area (Å²) in [7, 11) is 0. The maximum Gasteiger partial charge on any atom is 0.170 e. The van der Waals surface area contributed by atoms with Crippen LogP contribution in [0.1, 0.15) is 43.3 Å². The van der Waals surface area contributed by atoms with Crippen LogP contribution in [0.25, 0.3) is 11.3 Å². The number of thiocarbonyl (C=S) groups is 1. The summed E-state index contributed by atoms with van der Waals surface area (Å²) in [6.07, 6.45) is 3.91. The fourth-order valence-electron chi connectivity index (χ4n) is 3.56. The molecule has 6 heteroatoms. The third kappa shape index (κ3) is 3.64. The fraction of sp³-hybridized carbons (Fsp3) is 0.273. The van der Waals surface area contributed by atoms with E-state index in [1.165, 1.54) is 12.1 Å². The summed E-state index contributed by atoms with van der Waals surface area (Å²) in [4.78, 5) is 6.71. The number of halogens is 1. The predicted molar refractivity (Wildman–Crippen MR) is 111 cm³/mol. The number of hydrogen-bond acceptors (Lipinski definition) is 3. The first-order valence-corrected chi connectivity index (χ1v) is 9.92. The van der Waals surface area contributed by atoms with E-state index >= 15 is 0 Å². The summed E-state index contributed by atoms with van der Waals surface area (Å²) in [6.45, 7) is 3.01. The Kier molecular flexibility index (Phi) is 5.39. The highest BCUT2D eigenvalue weighted by Crippen LogP contribution is 2.40. The summed E-state index contributed by atoms with van der Waals surface area (Å²) in [5.41, 5.74) is 1.77. The van der Waals surface area contributed by atoms with E-state index in [9.17, 15) is 4.39 Å². The minimum absolute atomic E-state index is 0.0804. The van der Waals surface area contributed by atoms with Gasteiger partial charge in [0.1, 0.15) is 23.4 Å². The van der Waals surface area contributed by atoms with E-state index in [4.69, 9.17) is 16.6 Å². The molecule has 0 radical (unpaired) electrons. The second-order valence-electron chi connectivity index (χ2n) is 6.88. The number of rotatable bonds is 6. The molecule has 0 aliphatic carbocycles. The van der Waals surface area contributed by atoms with Crippen molar-refractivity contribution >= 4 is 17.3 Å². The van der Waals surface area contributed by atoms with Crippen LogP contribution < -0.4 is 5.32 Å². The molecule has 144 valence electrons. The first-order chi connectivity index (χ1) is 13.7. The van der Waals surface area contributed by atoms with Crippen molar-refractivity contribution < 1.29 is 8.81 Å². The largest absolute Gasteiger partial charge is 0.459 e. The molecule has 1 N–H and O–H groups in total. The molecule has 1 saturated heterocycles. The SMILES string of the molecule is CCCCN1C(=S)N[C@@H](c2ccccn2)[C@@H]1c1ccc(-c2ccc(F)cc2)o1. The van der Waals surface area contributed by atoms with E-state index in [1.807, 2.05) is 30.3 Å². The van der Waals surface area contributed by atoms with Gasteiger partial charge in [-0.2, -0.15) is 0 Å². The van der Waals surface area contributed by atoms with Crippen molar-refractivity contribution in [2.24, 2.45) is 0 Å². The van der Waals surface area contributed by atoms with Crippen molar-refractivity contribution in [2.45, 2.75) is 31.8 Å². The molecular formula is C22H22FN3OS. The van der Waals surface area contributed by atoms with Gasteiger partial charge in [0, 0.05) is 18.3 Å². The van der Waals surface area contributed by atoms with Crippen LogP contribution in [0.2, 0.25) is 0 Å². The van der Waals surface area contributed by atoms with Crippen LogP contribution in [0.4, 0.5) is 4.39 Å². The van der Waals surface area contributed by atoms with Crippen LogP contribution in [0.5, 0.6) is 0 Å². The van der Waals surface area contributed by atoms with Gasteiger partial charge in [-0.05, 0) is 67.2 Å². The van der Waals surface area contributed by atoms with E-state index in [-0.39, 0.29) is 17.9 Å². The van der Waals surface area contributed by atoms with Crippen LogP contribution in [-0.2, 0) is 0 Å². The van der Waals surface area contributed by atoms with E-state index in [1.54, 1.807) is 18.3 Å². The maximum absolute atomic E-state index is 13.2. The Labute approximate surface area is 169 Å². The smallest absolute Gasteiger partial charge is 0.170 e. The van der Waals surface area contributed by atoms with Crippen molar-refractivity contribution in [3.63, 3.8) is 0 Å². The third-order valence-corrected chi connectivity index (χ3v) is 5.35. The van der Waals surface area contributed by atoms with Gasteiger partial charge in [-0.1, -0.05) is 19.4 Å². The predicted octanol–water partition coefficient (Wildman–Crippen LogP) is 5.25. The van der Waals surface area contributed by atoms with Gasteiger partial charge >= 0.3 is 0 Å². The Morgan fingerprint density at radius 3 is 2.68 bits per heavy atom. The highest BCUT2D eigenvalue weighted by molar-refractivity contribution is 7.80. The molecular weight excluding hydrogens is 373 g/mol. The first-order valence-electron chi connectivity index (χ1n) is 9.51. The summed E-state index contributed by atoms with van der Waals surface area (Å²) in [5, 5.41) is 4.14. The third-order valence-electron chi connectivity index (χ3n) is 5.00. The summed E-state index contributed by atoms with van der Waals surface area (Å²) in [5.74, 6) is 1.27. The van der Waals surface area contributed by atoms with Gasteiger partial charge in [-0.15, -0.1) is 0 Å². The lowest BCUT2D eigenvalue weighted by Gasteiger charge is -2.25. The minimum atomic E-state index is -0.262. The molecule has 2 aromatic heterocycles. The molecule has 4 rings (SSSR count). The van der Waals surface area contributed by atoms with E-state index in [0.717, 1.165) is 36.4 Å². The van der Waals surface area contributed by atoms with Gasteiger partial charge in [0.25, 0.3) is 0 Å². The van der Waals surface area contributed by atoms with Crippen LogP contribution in [0.3, 0.4) is 0 Å². The number of nitrogens with one attached hydrogen (secondary N) is 1. The van der Waals surface area contributed by atoms with Gasteiger partial charge in [0.2, 0.25) is 0 Å². The van der Waals surface area contributed by atoms with Crippen LogP contribution in [0.15, 0.2) is 65.2 Å². The van der Waals surface area contributed by atoms with Crippen molar-refractivity contribution in [2.75, 3.05) is 6.54 Å². The summed E-state index contributed by atoms with van der Waals surface area (Å²) < 4.78 is 19.5. The molecule has 0 saturated carbocycles. The lowest BCUT2D eigenvalue weighted by Crippen LogP contribution is -2.30. The molecule has 1 aromatic carbocycles. The topological polar surface area (TPSA) is 41.3 Å². The van der Waals surface area contributed by atoms with Gasteiger partial charge in [-0.3, -0.25) is 4.98 Å². The molecule has 1 aliphatic heterocycles. The molecule has 1 fully saturated rings. The van der Waals surface area contributed by atoms with Gasteiger partial charge in [0.15, 0.2) is 5.11 Å². The molecule has 0 spiro atoms. The lowest BCUT2D eigenvalue weighted by molar-refractivity contribution is 0.271. The van der Waals surface area contributed by atoms with Crippen LogP contribution in [-0.4, -0.2) is 21.5 Å². The highest BCUT2D eigenvalue weighted by Gasteiger charge is 2.41. The fourth-order valence-corrected chi connectivity index (χ4v) is 3.90. The zero-order valence-corrected chi connectivity index (χ0v) is 16.5. The van der Waals surface area contributed by atoms with E-state index in [0.29, 0.717) is 10.9 Å².